The third-order valence-electron chi connectivity index (χ3n) is 7.48. The monoisotopic (exact) mass is 403 g/mol. The van der Waals surface area contributed by atoms with Crippen molar-refractivity contribution in [1.82, 2.24) is 0 Å². The Kier molecular flexibility index (Phi) is 3.90. The minimum absolute atomic E-state index is 0.0204. The normalized spacial score (nSPS) is 15.4. The van der Waals surface area contributed by atoms with E-state index in [0.717, 1.165) is 0 Å². The van der Waals surface area contributed by atoms with Gasteiger partial charge in [-0.05, 0) is 83.7 Å². The Morgan fingerprint density at radius 3 is 2.29 bits per heavy atom. The van der Waals surface area contributed by atoms with Gasteiger partial charge in [0.05, 0.1) is 0 Å². The smallest absolute Gasteiger partial charge is 0.0493 e. The van der Waals surface area contributed by atoms with Crippen LogP contribution in [0.15, 0.2) is 72.8 Å². The summed E-state index contributed by atoms with van der Waals surface area (Å²) < 4.78 is 0. The molecule has 2 aliphatic rings. The van der Waals surface area contributed by atoms with Gasteiger partial charge in [-0.1, -0.05) is 68.4 Å². The lowest BCUT2D eigenvalue weighted by Gasteiger charge is -2.32. The fourth-order valence-corrected chi connectivity index (χ4v) is 6.00. The van der Waals surface area contributed by atoms with Crippen molar-refractivity contribution in [3.05, 3.63) is 95.1 Å². The number of hydrogen-bond acceptors (Lipinski definition) is 1. The molecule has 154 valence electrons. The highest BCUT2D eigenvalue weighted by atomic mass is 15.2. The van der Waals surface area contributed by atoms with E-state index in [2.05, 4.69) is 105 Å². The van der Waals surface area contributed by atoms with Crippen molar-refractivity contribution >= 4 is 22.1 Å². The van der Waals surface area contributed by atoms with E-state index in [0.29, 0.717) is 6.04 Å². The van der Waals surface area contributed by atoms with Gasteiger partial charge in [-0.2, -0.15) is 0 Å². The average Bonchev–Trinajstić information content (AvgIpc) is 3.29. The van der Waals surface area contributed by atoms with Crippen molar-refractivity contribution in [2.45, 2.75) is 52.0 Å². The van der Waals surface area contributed by atoms with Crippen LogP contribution in [0.3, 0.4) is 0 Å². The van der Waals surface area contributed by atoms with E-state index >= 15 is 0 Å². The topological polar surface area (TPSA) is 3.24 Å². The molecule has 0 saturated carbocycles. The van der Waals surface area contributed by atoms with Gasteiger partial charge in [0.1, 0.15) is 0 Å². The Labute approximate surface area is 185 Å². The highest BCUT2D eigenvalue weighted by molar-refractivity contribution is 6.01. The van der Waals surface area contributed by atoms with Crippen molar-refractivity contribution in [2.24, 2.45) is 0 Å². The number of hydrogen-bond donors (Lipinski definition) is 0. The first kappa shape index (κ1) is 18.7. The first-order chi connectivity index (χ1) is 15.0. The number of nitrogens with zero attached hydrogens (tertiary/aromatic N) is 1. The zero-order valence-corrected chi connectivity index (χ0v) is 18.9. The molecule has 1 heteroatoms. The van der Waals surface area contributed by atoms with Crippen LogP contribution < -0.4 is 4.90 Å². The zero-order valence-electron chi connectivity index (χ0n) is 18.9. The molecule has 4 aromatic rings. The van der Waals surface area contributed by atoms with Crippen LogP contribution in [0.25, 0.3) is 21.9 Å². The molecule has 6 rings (SSSR count). The lowest BCUT2D eigenvalue weighted by atomic mass is 9.82. The van der Waals surface area contributed by atoms with E-state index in [1.54, 1.807) is 0 Å². The van der Waals surface area contributed by atoms with Crippen molar-refractivity contribution in [3.63, 3.8) is 0 Å². The molecule has 4 aromatic carbocycles. The maximum atomic E-state index is 2.53. The van der Waals surface area contributed by atoms with Crippen molar-refractivity contribution in [1.29, 1.82) is 0 Å². The van der Waals surface area contributed by atoms with E-state index in [-0.39, 0.29) is 5.41 Å². The van der Waals surface area contributed by atoms with Crippen LogP contribution in [-0.4, -0.2) is 6.04 Å². The molecule has 0 heterocycles. The van der Waals surface area contributed by atoms with Crippen LogP contribution in [0, 0.1) is 0 Å². The van der Waals surface area contributed by atoms with Crippen LogP contribution in [0.1, 0.15) is 49.9 Å². The number of fused-ring (bicyclic) bond motifs is 3. The second-order valence-corrected chi connectivity index (χ2v) is 9.95. The van der Waals surface area contributed by atoms with Crippen LogP contribution in [0.2, 0.25) is 0 Å². The predicted molar refractivity (Wildman–Crippen MR) is 133 cm³/mol. The van der Waals surface area contributed by atoms with Crippen LogP contribution in [0.4, 0.5) is 11.4 Å². The summed E-state index contributed by atoms with van der Waals surface area (Å²) in [5, 5.41) is 2.88. The highest BCUT2D eigenvalue weighted by Crippen LogP contribution is 2.50. The summed E-state index contributed by atoms with van der Waals surface area (Å²) in [6.45, 7) is 9.33. The van der Waals surface area contributed by atoms with Crippen molar-refractivity contribution in [2.75, 3.05) is 4.90 Å². The lowest BCUT2D eigenvalue weighted by Crippen LogP contribution is -2.26. The van der Waals surface area contributed by atoms with Gasteiger partial charge in [-0.25, -0.2) is 0 Å². The Morgan fingerprint density at radius 1 is 0.742 bits per heavy atom. The van der Waals surface area contributed by atoms with Gasteiger partial charge in [0.2, 0.25) is 0 Å². The van der Waals surface area contributed by atoms with Gasteiger partial charge in [0.15, 0.2) is 0 Å². The molecule has 2 aliphatic carbocycles. The SMILES string of the molecule is CC(C)N(c1ccc2c(c1)C(C)(C)c1ccccc1-2)c1ccc2c3c(cccc13)CC2. The fourth-order valence-electron chi connectivity index (χ4n) is 6.00. The molecule has 0 atom stereocenters. The molecule has 0 fully saturated rings. The number of benzene rings is 4. The van der Waals surface area contributed by atoms with E-state index in [1.165, 1.54) is 68.4 Å². The predicted octanol–water partition coefficient (Wildman–Crippen LogP) is 7.79. The molecular formula is C30H29N. The second kappa shape index (κ2) is 6.47. The van der Waals surface area contributed by atoms with Crippen molar-refractivity contribution < 1.29 is 0 Å². The number of rotatable bonds is 3. The fraction of sp³-hybridized carbons (Fsp3) is 0.267. The quantitative estimate of drug-likeness (QED) is 0.337. The van der Waals surface area contributed by atoms with Crippen LogP contribution in [-0.2, 0) is 18.3 Å². The van der Waals surface area contributed by atoms with Crippen LogP contribution >= 0.6 is 0 Å². The molecule has 0 saturated heterocycles. The zero-order chi connectivity index (χ0) is 21.3. The molecule has 0 bridgehead atoms. The summed E-state index contributed by atoms with van der Waals surface area (Å²) in [5.41, 5.74) is 11.3. The summed E-state index contributed by atoms with van der Waals surface area (Å²) >= 11 is 0. The van der Waals surface area contributed by atoms with Crippen LogP contribution in [0.5, 0.6) is 0 Å². The molecule has 0 aliphatic heterocycles. The molecule has 1 nitrogen and oxygen atoms in total. The molecule has 0 aromatic heterocycles. The summed E-state index contributed by atoms with van der Waals surface area (Å²) in [6.07, 6.45) is 2.34. The molecule has 0 N–H and O–H groups in total. The molecule has 0 amide bonds. The van der Waals surface area contributed by atoms with E-state index in [1.807, 2.05) is 0 Å². The lowest BCUT2D eigenvalue weighted by molar-refractivity contribution is 0.659. The summed E-state index contributed by atoms with van der Waals surface area (Å²) in [6, 6.07) is 27.9. The van der Waals surface area contributed by atoms with E-state index in [9.17, 15) is 0 Å². The van der Waals surface area contributed by atoms with Gasteiger partial charge < -0.3 is 4.90 Å². The Hall–Kier alpha value is -3.06. The number of anilines is 2. The molecule has 0 radical (unpaired) electrons. The largest absolute Gasteiger partial charge is 0.338 e. The second-order valence-electron chi connectivity index (χ2n) is 9.95. The minimum atomic E-state index is 0.0204. The highest BCUT2D eigenvalue weighted by Gasteiger charge is 2.35. The Morgan fingerprint density at radius 2 is 1.48 bits per heavy atom. The van der Waals surface area contributed by atoms with Gasteiger partial charge in [-0.15, -0.1) is 0 Å². The minimum Gasteiger partial charge on any atom is -0.338 e. The Bertz CT molecular complexity index is 1330. The Balaban J connectivity index is 1.55. The maximum absolute atomic E-state index is 2.53. The van der Waals surface area contributed by atoms with E-state index < -0.39 is 0 Å². The number of aryl methyl sites for hydroxylation is 2. The van der Waals surface area contributed by atoms with Gasteiger partial charge in [-0.3, -0.25) is 0 Å². The summed E-state index contributed by atoms with van der Waals surface area (Å²) in [5.74, 6) is 0. The summed E-state index contributed by atoms with van der Waals surface area (Å²) in [7, 11) is 0. The van der Waals surface area contributed by atoms with Gasteiger partial charge >= 0.3 is 0 Å². The standard InChI is InChI=1S/C30H29N/c1-19(2)31(28-17-14-21-13-12-20-8-7-10-25(28)29(20)21)22-15-16-24-23-9-5-6-11-26(23)30(3,4)27(24)18-22/h5-11,14-19H,12-13H2,1-4H3. The maximum Gasteiger partial charge on any atom is 0.0493 e. The molecule has 0 spiro atoms. The van der Waals surface area contributed by atoms with Gasteiger partial charge in [0, 0.05) is 28.2 Å². The average molecular weight is 404 g/mol. The first-order valence-electron chi connectivity index (χ1n) is 11.5. The molecule has 0 unspecified atom stereocenters. The third kappa shape index (κ3) is 2.56. The third-order valence-corrected chi connectivity index (χ3v) is 7.48. The molecular weight excluding hydrogens is 374 g/mol. The molecule has 31 heavy (non-hydrogen) atoms. The first-order valence-corrected chi connectivity index (χ1v) is 11.5. The van der Waals surface area contributed by atoms with E-state index in [4.69, 9.17) is 0 Å². The van der Waals surface area contributed by atoms with Gasteiger partial charge in [0.25, 0.3) is 0 Å². The van der Waals surface area contributed by atoms with Crippen molar-refractivity contribution in [3.8, 4) is 11.1 Å². The summed E-state index contributed by atoms with van der Waals surface area (Å²) in [4.78, 5) is 2.53.